The number of rotatable bonds is 33. The largest absolute Gasteiger partial charge is 0.481 e. The summed E-state index contributed by atoms with van der Waals surface area (Å²) in [6, 6.07) is 7.96. The standard InChI is InChI=1S/C45H67N8O10PS/c1-52(2)34-20-18-32(19-21-34)16-17-33-24-30-53(31-25-33)29-11-28-48-45(65)47-27-10-8-12-35(41(57)58)49-39(64)15-6-4-3-5-14-38(54)46-26-9-7-13-36(42(59)60)50-44(63)51-37(43(61)62)22-23-40(55)56/h16-21,24-25,30-31,35-37H,3-15,22-23,26-29,64H2,1-2H3,(H8-,46,47,48,50,51,54,55,56,57,58,59,60,61,62,63,65)/p+1/t35?,36-,37?/m0/s1. The summed E-state index contributed by atoms with van der Waals surface area (Å²) in [5.74, 6) is -5.08. The first-order valence-corrected chi connectivity index (χ1v) is 23.0. The minimum atomic E-state index is -1.49. The van der Waals surface area contributed by atoms with Crippen LogP contribution in [-0.4, -0.2) is 119 Å². The molecule has 1 aromatic heterocycles. The maximum Gasteiger partial charge on any atom is 0.328 e. The predicted molar refractivity (Wildman–Crippen MR) is 258 cm³/mol. The number of amides is 3. The lowest BCUT2D eigenvalue weighted by Crippen LogP contribution is -2.51. The molecular formula is C45H68N8O10PS+. The number of nitrogens with one attached hydrogen (secondary N) is 5. The van der Waals surface area contributed by atoms with Crippen LogP contribution in [-0.2, 0) is 30.5 Å². The average molecular weight is 944 g/mol. The lowest BCUT2D eigenvalue weighted by atomic mass is 10.1. The number of pyridine rings is 1. The van der Waals surface area contributed by atoms with Crippen molar-refractivity contribution < 1.29 is 53.8 Å². The summed E-state index contributed by atoms with van der Waals surface area (Å²) in [5, 5.41) is 51.1. The number of carboxylic acid groups (broad SMARTS) is 4. The molecule has 3 amide bonds. The van der Waals surface area contributed by atoms with Crippen molar-refractivity contribution >= 4 is 85.7 Å². The van der Waals surface area contributed by atoms with Crippen LogP contribution in [0.5, 0.6) is 0 Å². The predicted octanol–water partition coefficient (Wildman–Crippen LogP) is 4.66. The topological polar surface area (TPSA) is 263 Å². The van der Waals surface area contributed by atoms with E-state index in [1.807, 2.05) is 14.1 Å². The lowest BCUT2D eigenvalue weighted by Gasteiger charge is -2.18. The molecule has 0 saturated carbocycles. The first-order valence-electron chi connectivity index (χ1n) is 22.1. The fourth-order valence-corrected chi connectivity index (χ4v) is 6.97. The molecule has 2 aromatic rings. The molecule has 9 N–H and O–H groups in total. The third kappa shape index (κ3) is 26.0. The van der Waals surface area contributed by atoms with Crippen molar-refractivity contribution in [2.45, 2.75) is 121 Å². The maximum atomic E-state index is 12.2. The average Bonchev–Trinajstić information content (AvgIpc) is 3.26. The van der Waals surface area contributed by atoms with E-state index < -0.39 is 54.5 Å². The van der Waals surface area contributed by atoms with Gasteiger partial charge in [-0.2, -0.15) is 0 Å². The fourth-order valence-electron chi connectivity index (χ4n) is 6.38. The maximum absolute atomic E-state index is 12.2. The zero-order chi connectivity index (χ0) is 48.0. The van der Waals surface area contributed by atoms with Gasteiger partial charge in [-0.05, 0) is 99.7 Å². The number of carbonyl (C=O) groups is 6. The SMILES string of the molecule is CN(C)c1ccc(/C=C/c2cc[n+](CCCNC(=S)NCCCCC(N=C(P)CCCCCCC(=O)NCCCC[C@H](NC(=O)NC(CCC(=O)O)C(=O)O)C(=O)O)C(=O)O)cc2)cc1. The molecule has 4 atom stereocenters. The van der Waals surface area contributed by atoms with Gasteiger partial charge in [-0.1, -0.05) is 46.4 Å². The number of aromatic nitrogens is 1. The third-order valence-corrected chi connectivity index (χ3v) is 10.9. The number of benzene rings is 1. The number of thiocarbonyl (C=S) groups is 1. The van der Waals surface area contributed by atoms with Gasteiger partial charge in [-0.3, -0.25) is 14.6 Å². The molecule has 0 spiro atoms. The Bertz CT molecular complexity index is 1880. The van der Waals surface area contributed by atoms with Crippen molar-refractivity contribution in [3.8, 4) is 0 Å². The highest BCUT2D eigenvalue weighted by atomic mass is 32.1. The second kappa shape index (κ2) is 32.1. The zero-order valence-electron chi connectivity index (χ0n) is 37.5. The minimum Gasteiger partial charge on any atom is -0.481 e. The number of hydrogen-bond donors (Lipinski definition) is 9. The van der Waals surface area contributed by atoms with Crippen LogP contribution in [0.15, 0.2) is 53.8 Å². The van der Waals surface area contributed by atoms with E-state index in [0.717, 1.165) is 56.3 Å². The summed E-state index contributed by atoms with van der Waals surface area (Å²) in [6.45, 7) is 2.51. The number of carbonyl (C=O) groups excluding carboxylic acids is 2. The van der Waals surface area contributed by atoms with Crippen LogP contribution < -0.4 is 36.1 Å². The Hall–Kier alpha value is -5.68. The van der Waals surface area contributed by atoms with Crippen LogP contribution in [0.1, 0.15) is 107 Å². The smallest absolute Gasteiger partial charge is 0.328 e. The Morgan fingerprint density at radius 2 is 1.20 bits per heavy atom. The monoisotopic (exact) mass is 943 g/mol. The van der Waals surface area contributed by atoms with Crippen molar-refractivity contribution in [3.63, 3.8) is 0 Å². The molecule has 1 heterocycles. The summed E-state index contributed by atoms with van der Waals surface area (Å²) in [5.41, 5.74) is 4.15. The fraction of sp³-hybridized carbons (Fsp3) is 0.533. The highest BCUT2D eigenvalue weighted by Crippen LogP contribution is 2.15. The number of nitrogens with zero attached hydrogens (tertiary/aromatic N) is 3. The molecule has 0 aliphatic heterocycles. The molecule has 358 valence electrons. The molecule has 0 saturated heterocycles. The Morgan fingerprint density at radius 3 is 1.77 bits per heavy atom. The van der Waals surface area contributed by atoms with E-state index in [1.165, 1.54) is 5.69 Å². The van der Waals surface area contributed by atoms with Crippen LogP contribution in [0.2, 0.25) is 0 Å². The molecule has 3 unspecified atom stereocenters. The lowest BCUT2D eigenvalue weighted by molar-refractivity contribution is -0.697. The molecule has 18 nitrogen and oxygen atoms in total. The molecule has 0 fully saturated rings. The molecule has 20 heteroatoms. The molecule has 65 heavy (non-hydrogen) atoms. The highest BCUT2D eigenvalue weighted by Gasteiger charge is 2.25. The van der Waals surface area contributed by atoms with Gasteiger partial charge in [0.15, 0.2) is 17.5 Å². The van der Waals surface area contributed by atoms with Crippen LogP contribution in [0.3, 0.4) is 0 Å². The van der Waals surface area contributed by atoms with E-state index in [-0.39, 0.29) is 18.7 Å². The quantitative estimate of drug-likeness (QED) is 0.0155. The van der Waals surface area contributed by atoms with Crippen molar-refractivity contribution in [2.75, 3.05) is 38.6 Å². The van der Waals surface area contributed by atoms with Gasteiger partial charge in [0, 0.05) is 76.3 Å². The van der Waals surface area contributed by atoms with E-state index >= 15 is 0 Å². The molecule has 1 aromatic carbocycles. The van der Waals surface area contributed by atoms with E-state index in [0.29, 0.717) is 68.6 Å². The van der Waals surface area contributed by atoms with E-state index in [1.54, 1.807) is 0 Å². The Labute approximate surface area is 389 Å². The van der Waals surface area contributed by atoms with Gasteiger partial charge in [-0.25, -0.2) is 23.7 Å². The summed E-state index contributed by atoms with van der Waals surface area (Å²) >= 11 is 5.42. The number of aliphatic imine (C=N–C) groups is 1. The van der Waals surface area contributed by atoms with Crippen LogP contribution in [0, 0.1) is 0 Å². The summed E-state index contributed by atoms with van der Waals surface area (Å²) in [4.78, 5) is 76.3. The van der Waals surface area contributed by atoms with Crippen LogP contribution in [0.25, 0.3) is 12.2 Å². The zero-order valence-corrected chi connectivity index (χ0v) is 39.5. The highest BCUT2D eigenvalue weighted by molar-refractivity contribution is 7.80. The number of aryl methyl sites for hydroxylation is 1. The van der Waals surface area contributed by atoms with E-state index in [2.05, 4.69) is 111 Å². The van der Waals surface area contributed by atoms with E-state index in [4.69, 9.17) is 17.3 Å². The summed E-state index contributed by atoms with van der Waals surface area (Å²) in [6.07, 6.45) is 15.2. The van der Waals surface area contributed by atoms with Gasteiger partial charge in [-0.15, -0.1) is 0 Å². The third-order valence-electron chi connectivity index (χ3n) is 10.2. The first-order chi connectivity index (χ1) is 31.0. The summed E-state index contributed by atoms with van der Waals surface area (Å²) < 4.78 is 2.14. The van der Waals surface area contributed by atoms with Crippen molar-refractivity contribution in [1.29, 1.82) is 0 Å². The molecule has 2 rings (SSSR count). The molecule has 0 bridgehead atoms. The number of aliphatic carboxylic acids is 4. The number of carboxylic acids is 4. The first kappa shape index (κ1) is 55.5. The molecule has 0 aliphatic rings. The molecular weight excluding hydrogens is 876 g/mol. The Balaban J connectivity index is 1.52. The number of unbranched alkanes of at least 4 members (excludes halogenated alkanes) is 5. The second-order valence-corrected chi connectivity index (χ2v) is 16.9. The van der Waals surface area contributed by atoms with Gasteiger partial charge in [0.25, 0.3) is 0 Å². The number of hydrogen-bond acceptors (Lipinski definition) is 9. The van der Waals surface area contributed by atoms with Crippen molar-refractivity contribution in [3.05, 3.63) is 59.9 Å². The molecule has 0 radical (unpaired) electrons. The molecule has 0 aliphatic carbocycles. The number of urea groups is 1. The van der Waals surface area contributed by atoms with Crippen LogP contribution in [0.4, 0.5) is 10.5 Å². The Morgan fingerprint density at radius 1 is 0.662 bits per heavy atom. The van der Waals surface area contributed by atoms with Gasteiger partial charge in [0.2, 0.25) is 5.91 Å². The van der Waals surface area contributed by atoms with Gasteiger partial charge >= 0.3 is 29.9 Å². The number of anilines is 1. The summed E-state index contributed by atoms with van der Waals surface area (Å²) in [7, 11) is 6.60. The van der Waals surface area contributed by atoms with Crippen molar-refractivity contribution in [2.24, 2.45) is 4.99 Å². The van der Waals surface area contributed by atoms with Gasteiger partial charge in [0.1, 0.15) is 24.7 Å². The van der Waals surface area contributed by atoms with Gasteiger partial charge in [0.05, 0.1) is 0 Å². The van der Waals surface area contributed by atoms with Crippen LogP contribution >= 0.6 is 21.5 Å². The van der Waals surface area contributed by atoms with E-state index in [9.17, 15) is 44.1 Å². The second-order valence-electron chi connectivity index (χ2n) is 15.8. The van der Waals surface area contributed by atoms with Crippen molar-refractivity contribution in [1.82, 2.24) is 26.6 Å². The normalized spacial score (nSPS) is 12.7. The Kier molecular flexibility index (Phi) is 27.3. The minimum absolute atomic E-state index is 0.0380. The van der Waals surface area contributed by atoms with Gasteiger partial charge < -0.3 is 51.9 Å².